The lowest BCUT2D eigenvalue weighted by Gasteiger charge is -2.39. The summed E-state index contributed by atoms with van der Waals surface area (Å²) in [5.74, 6) is -0.384. The van der Waals surface area contributed by atoms with E-state index in [4.69, 9.17) is 4.74 Å². The van der Waals surface area contributed by atoms with Crippen LogP contribution in [0.25, 0.3) is 0 Å². The third kappa shape index (κ3) is 3.95. The van der Waals surface area contributed by atoms with Crippen LogP contribution in [0.3, 0.4) is 0 Å². The van der Waals surface area contributed by atoms with Gasteiger partial charge in [-0.15, -0.1) is 0 Å². The monoisotopic (exact) mass is 285 g/mol. The minimum absolute atomic E-state index is 0.0835. The first-order valence-corrected chi connectivity index (χ1v) is 7.49. The number of carboxylic acid groups (broad SMARTS) is 1. The summed E-state index contributed by atoms with van der Waals surface area (Å²) in [6.45, 7) is 5.28. The lowest BCUT2D eigenvalue weighted by atomic mass is 9.80. The van der Waals surface area contributed by atoms with Crippen molar-refractivity contribution in [3.05, 3.63) is 0 Å². The first-order valence-electron chi connectivity index (χ1n) is 7.49. The van der Waals surface area contributed by atoms with Crippen molar-refractivity contribution in [1.82, 2.24) is 4.90 Å². The zero-order chi connectivity index (χ0) is 15.2. The van der Waals surface area contributed by atoms with Crippen LogP contribution in [0.5, 0.6) is 0 Å². The maximum absolute atomic E-state index is 12.3. The predicted octanol–water partition coefficient (Wildman–Crippen LogP) is 2.15. The molecule has 0 aliphatic carbocycles. The van der Waals surface area contributed by atoms with Gasteiger partial charge < -0.3 is 14.7 Å². The van der Waals surface area contributed by atoms with Crippen LogP contribution < -0.4 is 0 Å². The average Bonchev–Trinajstić information content (AvgIpc) is 2.44. The molecule has 0 aromatic heterocycles. The predicted molar refractivity (Wildman–Crippen MR) is 76.4 cm³/mol. The van der Waals surface area contributed by atoms with E-state index in [1.54, 1.807) is 4.90 Å². The van der Waals surface area contributed by atoms with Crippen molar-refractivity contribution in [1.29, 1.82) is 0 Å². The van der Waals surface area contributed by atoms with Gasteiger partial charge in [-0.2, -0.15) is 0 Å². The Balaban J connectivity index is 2.72. The van der Waals surface area contributed by atoms with Crippen LogP contribution in [0.1, 0.15) is 46.0 Å². The number of rotatable bonds is 7. The number of ether oxygens (including phenoxy) is 1. The van der Waals surface area contributed by atoms with E-state index in [0.29, 0.717) is 25.3 Å². The van der Waals surface area contributed by atoms with E-state index in [9.17, 15) is 14.7 Å². The molecule has 0 bridgehead atoms. The number of likely N-dealkylation sites (tertiary alicyclic amines) is 1. The van der Waals surface area contributed by atoms with Gasteiger partial charge in [0.1, 0.15) is 5.41 Å². The van der Waals surface area contributed by atoms with Crippen molar-refractivity contribution in [3.8, 4) is 0 Å². The zero-order valence-electron chi connectivity index (χ0n) is 12.9. The first kappa shape index (κ1) is 17.0. The number of amides is 1. The Kier molecular flexibility index (Phi) is 6.46. The van der Waals surface area contributed by atoms with Crippen LogP contribution >= 0.6 is 0 Å². The molecule has 1 N–H and O–H groups in total. The van der Waals surface area contributed by atoms with Crippen molar-refractivity contribution in [3.63, 3.8) is 0 Å². The van der Waals surface area contributed by atoms with Crippen LogP contribution in [0.4, 0.5) is 0 Å². The Bertz CT molecular complexity index is 337. The van der Waals surface area contributed by atoms with E-state index in [0.717, 1.165) is 19.3 Å². The largest absolute Gasteiger partial charge is 0.481 e. The molecular weight excluding hydrogens is 258 g/mol. The lowest BCUT2D eigenvalue weighted by molar-refractivity contribution is -0.159. The summed E-state index contributed by atoms with van der Waals surface area (Å²) in [6, 6.07) is 0. The number of hydrogen-bond donors (Lipinski definition) is 1. The molecule has 20 heavy (non-hydrogen) atoms. The van der Waals surface area contributed by atoms with Gasteiger partial charge in [-0.25, -0.2) is 0 Å². The normalized spacial score (nSPS) is 23.1. The second-order valence-corrected chi connectivity index (χ2v) is 5.82. The zero-order valence-corrected chi connectivity index (χ0v) is 12.9. The van der Waals surface area contributed by atoms with E-state index < -0.39 is 11.4 Å². The molecule has 5 heteroatoms. The number of nitrogens with zero attached hydrogens (tertiary/aromatic N) is 1. The molecule has 116 valence electrons. The molecule has 1 rings (SSSR count). The third-order valence-electron chi connectivity index (χ3n) is 4.42. The molecule has 1 fully saturated rings. The SMILES string of the molecule is CCC(CC)CC(=O)N1CCCC(COC)(C(=O)O)C1. The van der Waals surface area contributed by atoms with Crippen LogP contribution in [0.2, 0.25) is 0 Å². The van der Waals surface area contributed by atoms with Gasteiger partial charge in [0.15, 0.2) is 0 Å². The van der Waals surface area contributed by atoms with Gasteiger partial charge in [0.05, 0.1) is 6.61 Å². The van der Waals surface area contributed by atoms with Gasteiger partial charge in [0.2, 0.25) is 5.91 Å². The van der Waals surface area contributed by atoms with Crippen LogP contribution in [-0.4, -0.2) is 48.7 Å². The Labute approximate surface area is 121 Å². The summed E-state index contributed by atoms with van der Waals surface area (Å²) in [7, 11) is 1.51. The quantitative estimate of drug-likeness (QED) is 0.778. The molecule has 1 aliphatic rings. The highest BCUT2D eigenvalue weighted by atomic mass is 16.5. The van der Waals surface area contributed by atoms with Crippen molar-refractivity contribution in [2.24, 2.45) is 11.3 Å². The van der Waals surface area contributed by atoms with Crippen LogP contribution in [-0.2, 0) is 14.3 Å². The van der Waals surface area contributed by atoms with Gasteiger partial charge >= 0.3 is 5.97 Å². The van der Waals surface area contributed by atoms with Crippen LogP contribution in [0, 0.1) is 11.3 Å². The van der Waals surface area contributed by atoms with E-state index in [1.807, 2.05) is 0 Å². The van der Waals surface area contributed by atoms with Crippen molar-refractivity contribution >= 4 is 11.9 Å². The highest BCUT2D eigenvalue weighted by Crippen LogP contribution is 2.31. The van der Waals surface area contributed by atoms with E-state index in [1.165, 1.54) is 7.11 Å². The summed E-state index contributed by atoms with van der Waals surface area (Å²) in [5, 5.41) is 9.48. The number of carbonyl (C=O) groups excluding carboxylic acids is 1. The minimum atomic E-state index is -0.934. The molecule has 0 aromatic rings. The molecule has 1 aliphatic heterocycles. The van der Waals surface area contributed by atoms with Crippen molar-refractivity contribution < 1.29 is 19.4 Å². The molecule has 1 atom stereocenters. The maximum atomic E-state index is 12.3. The lowest BCUT2D eigenvalue weighted by Crippen LogP contribution is -2.52. The number of aliphatic carboxylic acids is 1. The highest BCUT2D eigenvalue weighted by molar-refractivity contribution is 5.80. The molecule has 0 saturated carbocycles. The molecule has 1 heterocycles. The Morgan fingerprint density at radius 3 is 2.50 bits per heavy atom. The summed E-state index contributed by atoms with van der Waals surface area (Å²) < 4.78 is 5.08. The molecule has 0 aromatic carbocycles. The van der Waals surface area contributed by atoms with E-state index in [2.05, 4.69) is 13.8 Å². The second kappa shape index (κ2) is 7.62. The van der Waals surface area contributed by atoms with Gasteiger partial charge in [0, 0.05) is 26.6 Å². The Morgan fingerprint density at radius 2 is 2.00 bits per heavy atom. The number of hydrogen-bond acceptors (Lipinski definition) is 3. The molecule has 5 nitrogen and oxygen atoms in total. The molecule has 1 unspecified atom stereocenters. The fourth-order valence-corrected chi connectivity index (χ4v) is 2.93. The number of piperidine rings is 1. The van der Waals surface area contributed by atoms with Crippen LogP contribution in [0.15, 0.2) is 0 Å². The fraction of sp³-hybridized carbons (Fsp3) is 0.867. The number of carboxylic acids is 1. The molecular formula is C15H27NO4. The standard InChI is InChI=1S/C15H27NO4/c1-4-12(5-2)9-13(17)16-8-6-7-15(10-16,11-20-3)14(18)19/h12H,4-11H2,1-3H3,(H,18,19). The third-order valence-corrected chi connectivity index (χ3v) is 4.42. The maximum Gasteiger partial charge on any atom is 0.313 e. The molecule has 1 saturated heterocycles. The van der Waals surface area contributed by atoms with Gasteiger partial charge in [-0.3, -0.25) is 9.59 Å². The smallest absolute Gasteiger partial charge is 0.313 e. The minimum Gasteiger partial charge on any atom is -0.481 e. The Hall–Kier alpha value is -1.10. The van der Waals surface area contributed by atoms with Crippen molar-refractivity contribution in [2.75, 3.05) is 26.8 Å². The molecule has 1 amide bonds. The fourth-order valence-electron chi connectivity index (χ4n) is 2.93. The number of carbonyl (C=O) groups is 2. The van der Waals surface area contributed by atoms with Gasteiger partial charge in [-0.1, -0.05) is 26.7 Å². The van der Waals surface area contributed by atoms with Gasteiger partial charge in [-0.05, 0) is 18.8 Å². The number of methoxy groups -OCH3 is 1. The molecule has 0 spiro atoms. The topological polar surface area (TPSA) is 66.8 Å². The van der Waals surface area contributed by atoms with Gasteiger partial charge in [0.25, 0.3) is 0 Å². The summed E-state index contributed by atoms with van der Waals surface area (Å²) in [4.78, 5) is 25.6. The van der Waals surface area contributed by atoms with E-state index in [-0.39, 0.29) is 19.1 Å². The first-order chi connectivity index (χ1) is 9.49. The summed E-state index contributed by atoms with van der Waals surface area (Å²) in [6.07, 6.45) is 3.79. The average molecular weight is 285 g/mol. The summed E-state index contributed by atoms with van der Waals surface area (Å²) in [5.41, 5.74) is -0.934. The van der Waals surface area contributed by atoms with E-state index >= 15 is 0 Å². The molecule has 0 radical (unpaired) electrons. The highest BCUT2D eigenvalue weighted by Gasteiger charge is 2.43. The second-order valence-electron chi connectivity index (χ2n) is 5.82. The Morgan fingerprint density at radius 1 is 1.35 bits per heavy atom. The van der Waals surface area contributed by atoms with Crippen molar-refractivity contribution in [2.45, 2.75) is 46.0 Å². The summed E-state index contributed by atoms with van der Waals surface area (Å²) >= 11 is 0.